The highest BCUT2D eigenvalue weighted by Gasteiger charge is 2.13. The Morgan fingerprint density at radius 2 is 2.10 bits per heavy atom. The van der Waals surface area contributed by atoms with Crippen LogP contribution in [0.2, 0.25) is 0 Å². The maximum absolute atomic E-state index is 12.1. The molecule has 2 N–H and O–H groups in total. The molecular weight excluding hydrogens is 276 g/mol. The Labute approximate surface area is 119 Å². The molecule has 108 valence electrons. The third kappa shape index (κ3) is 5.43. The average molecular weight is 294 g/mol. The molecule has 0 aliphatic heterocycles. The maximum atomic E-state index is 12.1. The first-order valence-corrected chi connectivity index (χ1v) is 8.12. The second-order valence-corrected chi connectivity index (χ2v) is 6.70. The summed E-state index contributed by atoms with van der Waals surface area (Å²) < 4.78 is 22.2. The summed E-state index contributed by atoms with van der Waals surface area (Å²) in [6, 6.07) is 6.86. The summed E-state index contributed by atoms with van der Waals surface area (Å²) in [6.07, 6.45) is 1.15. The van der Waals surface area contributed by atoms with E-state index in [1.165, 1.54) is 4.90 Å². The van der Waals surface area contributed by atoms with Gasteiger partial charge in [0, 0.05) is 31.0 Å². The largest absolute Gasteiger partial charge is 0.341 e. The molecule has 0 aliphatic carbocycles. The van der Waals surface area contributed by atoms with Crippen LogP contribution >= 0.6 is 0 Å². The van der Waals surface area contributed by atoms with Gasteiger partial charge < -0.3 is 10.6 Å². The van der Waals surface area contributed by atoms with Crippen molar-refractivity contribution in [3.05, 3.63) is 35.4 Å². The van der Waals surface area contributed by atoms with E-state index < -0.39 is 9.84 Å². The number of hydrogen-bond donors (Lipinski definition) is 1. The molecule has 0 unspecified atom stereocenters. The lowest BCUT2D eigenvalue weighted by Crippen LogP contribution is -2.31. The molecule has 0 heterocycles. The SMILES string of the molecule is CN(CCS(C)(=O)=O)C(=O)c1cccc(C#CCN)c1. The van der Waals surface area contributed by atoms with Crippen LogP contribution in [-0.2, 0) is 9.84 Å². The molecule has 20 heavy (non-hydrogen) atoms. The van der Waals surface area contributed by atoms with E-state index in [1.54, 1.807) is 31.3 Å². The molecule has 5 nitrogen and oxygen atoms in total. The quantitative estimate of drug-likeness (QED) is 0.800. The van der Waals surface area contributed by atoms with Gasteiger partial charge in [-0.05, 0) is 18.2 Å². The van der Waals surface area contributed by atoms with Crippen LogP contribution in [-0.4, -0.2) is 51.4 Å². The number of carbonyl (C=O) groups excluding carboxylic acids is 1. The zero-order chi connectivity index (χ0) is 15.2. The molecule has 0 saturated heterocycles. The number of hydrogen-bond acceptors (Lipinski definition) is 4. The minimum absolute atomic E-state index is 0.0537. The van der Waals surface area contributed by atoms with Crippen LogP contribution < -0.4 is 5.73 Å². The Morgan fingerprint density at radius 3 is 2.70 bits per heavy atom. The molecule has 0 spiro atoms. The fourth-order valence-corrected chi connectivity index (χ4v) is 2.11. The number of nitrogens with two attached hydrogens (primary N) is 1. The van der Waals surface area contributed by atoms with Gasteiger partial charge in [0.25, 0.3) is 5.91 Å². The molecular formula is C14H18N2O3S. The number of amides is 1. The fraction of sp³-hybridized carbons (Fsp3) is 0.357. The van der Waals surface area contributed by atoms with Gasteiger partial charge in [-0.25, -0.2) is 8.42 Å². The highest BCUT2D eigenvalue weighted by molar-refractivity contribution is 7.90. The van der Waals surface area contributed by atoms with E-state index in [9.17, 15) is 13.2 Å². The normalized spacial score (nSPS) is 10.6. The van der Waals surface area contributed by atoms with Gasteiger partial charge in [-0.15, -0.1) is 0 Å². The van der Waals surface area contributed by atoms with Gasteiger partial charge in [-0.1, -0.05) is 17.9 Å². The van der Waals surface area contributed by atoms with Crippen molar-refractivity contribution < 1.29 is 13.2 Å². The summed E-state index contributed by atoms with van der Waals surface area (Å²) in [6.45, 7) is 0.419. The lowest BCUT2D eigenvalue weighted by Gasteiger charge is -2.16. The summed E-state index contributed by atoms with van der Waals surface area (Å²) in [4.78, 5) is 13.5. The zero-order valence-corrected chi connectivity index (χ0v) is 12.4. The van der Waals surface area contributed by atoms with E-state index >= 15 is 0 Å². The van der Waals surface area contributed by atoms with Gasteiger partial charge in [0.1, 0.15) is 9.84 Å². The Kier molecular flexibility index (Phi) is 5.74. The van der Waals surface area contributed by atoms with Gasteiger partial charge in [0.05, 0.1) is 12.3 Å². The zero-order valence-electron chi connectivity index (χ0n) is 11.6. The van der Waals surface area contributed by atoms with Crippen LogP contribution in [0.3, 0.4) is 0 Å². The molecule has 0 atom stereocenters. The Morgan fingerprint density at radius 1 is 1.40 bits per heavy atom. The highest BCUT2D eigenvalue weighted by atomic mass is 32.2. The standard InChI is InChI=1S/C14H18N2O3S/c1-16(9-10-20(2,18)19)14(17)13-7-3-5-12(11-13)6-4-8-15/h3,5,7,11H,8-10,15H2,1-2H3. The number of rotatable bonds is 4. The summed E-state index contributed by atoms with van der Waals surface area (Å²) in [7, 11) is -1.51. The van der Waals surface area contributed by atoms with Crippen LogP contribution in [0.15, 0.2) is 24.3 Å². The summed E-state index contributed by atoms with van der Waals surface area (Å²) in [5.74, 6) is 5.29. The maximum Gasteiger partial charge on any atom is 0.253 e. The van der Waals surface area contributed by atoms with Gasteiger partial charge in [0.2, 0.25) is 0 Å². The third-order valence-corrected chi connectivity index (χ3v) is 3.51. The second-order valence-electron chi connectivity index (χ2n) is 4.44. The van der Waals surface area contributed by atoms with Crippen LogP contribution in [0.5, 0.6) is 0 Å². The Hall–Kier alpha value is -1.84. The predicted octanol–water partition coefficient (Wildman–Crippen LogP) is 0.113. The number of carbonyl (C=O) groups is 1. The van der Waals surface area contributed by atoms with Gasteiger partial charge in [0.15, 0.2) is 0 Å². The van der Waals surface area contributed by atoms with Crippen LogP contribution in [0.25, 0.3) is 0 Å². The van der Waals surface area contributed by atoms with Crippen molar-refractivity contribution >= 4 is 15.7 Å². The highest BCUT2D eigenvalue weighted by Crippen LogP contribution is 2.07. The minimum Gasteiger partial charge on any atom is -0.341 e. The predicted molar refractivity (Wildman–Crippen MR) is 79.0 cm³/mol. The summed E-state index contributed by atoms with van der Waals surface area (Å²) in [5, 5.41) is 0. The molecule has 1 aromatic rings. The van der Waals surface area contributed by atoms with Crippen LogP contribution in [0.4, 0.5) is 0 Å². The number of nitrogens with zero attached hydrogens (tertiary/aromatic N) is 1. The monoisotopic (exact) mass is 294 g/mol. The summed E-state index contributed by atoms with van der Waals surface area (Å²) >= 11 is 0. The van der Waals surface area contributed by atoms with Crippen molar-refractivity contribution in [1.82, 2.24) is 4.90 Å². The van der Waals surface area contributed by atoms with E-state index in [-0.39, 0.29) is 24.7 Å². The Balaban J connectivity index is 2.81. The summed E-state index contributed by atoms with van der Waals surface area (Å²) in [5.41, 5.74) is 6.48. The topological polar surface area (TPSA) is 80.5 Å². The van der Waals surface area contributed by atoms with E-state index in [0.29, 0.717) is 11.1 Å². The van der Waals surface area contributed by atoms with Crippen molar-refractivity contribution in [2.75, 3.05) is 32.1 Å². The minimum atomic E-state index is -3.09. The molecule has 0 fully saturated rings. The number of benzene rings is 1. The average Bonchev–Trinajstić information content (AvgIpc) is 2.41. The van der Waals surface area contributed by atoms with Crippen molar-refractivity contribution in [2.24, 2.45) is 5.73 Å². The van der Waals surface area contributed by atoms with Crippen LogP contribution in [0.1, 0.15) is 15.9 Å². The van der Waals surface area contributed by atoms with E-state index in [0.717, 1.165) is 6.26 Å². The van der Waals surface area contributed by atoms with Crippen molar-refractivity contribution in [1.29, 1.82) is 0 Å². The third-order valence-electron chi connectivity index (χ3n) is 2.59. The van der Waals surface area contributed by atoms with Gasteiger partial charge in [-0.2, -0.15) is 0 Å². The van der Waals surface area contributed by atoms with Crippen molar-refractivity contribution in [2.45, 2.75) is 0 Å². The smallest absolute Gasteiger partial charge is 0.253 e. The molecule has 6 heteroatoms. The molecule has 1 rings (SSSR count). The van der Waals surface area contributed by atoms with Gasteiger partial charge in [-0.3, -0.25) is 4.79 Å². The number of sulfone groups is 1. The van der Waals surface area contributed by atoms with Gasteiger partial charge >= 0.3 is 0 Å². The molecule has 0 bridgehead atoms. The molecule has 0 aliphatic rings. The first kappa shape index (κ1) is 16.2. The van der Waals surface area contributed by atoms with E-state index in [1.807, 2.05) is 0 Å². The molecule has 0 radical (unpaired) electrons. The van der Waals surface area contributed by atoms with E-state index in [4.69, 9.17) is 5.73 Å². The fourth-order valence-electron chi connectivity index (χ4n) is 1.51. The van der Waals surface area contributed by atoms with E-state index in [2.05, 4.69) is 11.8 Å². The molecule has 1 amide bonds. The molecule has 1 aromatic carbocycles. The second kappa shape index (κ2) is 7.08. The lowest BCUT2D eigenvalue weighted by atomic mass is 10.1. The van der Waals surface area contributed by atoms with Crippen LogP contribution in [0, 0.1) is 11.8 Å². The molecule has 0 aromatic heterocycles. The van der Waals surface area contributed by atoms with Crippen molar-refractivity contribution in [3.8, 4) is 11.8 Å². The first-order valence-electron chi connectivity index (χ1n) is 6.05. The lowest BCUT2D eigenvalue weighted by molar-refractivity contribution is 0.0803. The molecule has 0 saturated carbocycles. The van der Waals surface area contributed by atoms with Crippen molar-refractivity contribution in [3.63, 3.8) is 0 Å². The Bertz CT molecular complexity index is 642. The first-order chi connectivity index (χ1) is 9.33.